The summed E-state index contributed by atoms with van der Waals surface area (Å²) in [4.78, 5) is 12.6. The van der Waals surface area contributed by atoms with Crippen LogP contribution in [0.15, 0.2) is 18.2 Å². The molecule has 0 radical (unpaired) electrons. The summed E-state index contributed by atoms with van der Waals surface area (Å²) in [5.74, 6) is 0.818. The van der Waals surface area contributed by atoms with E-state index in [2.05, 4.69) is 19.1 Å². The lowest BCUT2D eigenvalue weighted by molar-refractivity contribution is 0.0241. The van der Waals surface area contributed by atoms with Crippen molar-refractivity contribution in [3.05, 3.63) is 34.9 Å². The molecule has 2 aliphatic rings. The molecule has 2 nitrogen and oxygen atoms in total. The number of ether oxygens (including phenoxy) is 1. The lowest BCUT2D eigenvalue weighted by Gasteiger charge is -2.27. The number of Topliss-reactive ketones (excluding diaryl/α,β-unsaturated/α-hetero) is 1. The fourth-order valence-electron chi connectivity index (χ4n) is 3.21. The van der Waals surface area contributed by atoms with Gasteiger partial charge in [0.1, 0.15) is 0 Å². The van der Waals surface area contributed by atoms with Gasteiger partial charge in [-0.2, -0.15) is 0 Å². The Balaban J connectivity index is 1.83. The van der Waals surface area contributed by atoms with Gasteiger partial charge in [0.2, 0.25) is 0 Å². The number of hydrogen-bond acceptors (Lipinski definition) is 2. The van der Waals surface area contributed by atoms with Crippen LogP contribution in [0.4, 0.5) is 0 Å². The van der Waals surface area contributed by atoms with Crippen molar-refractivity contribution >= 4 is 5.78 Å². The quantitative estimate of drug-likeness (QED) is 0.747. The first-order valence-corrected chi connectivity index (χ1v) is 6.99. The van der Waals surface area contributed by atoms with Gasteiger partial charge in [-0.25, -0.2) is 0 Å². The summed E-state index contributed by atoms with van der Waals surface area (Å²) >= 11 is 0. The van der Waals surface area contributed by atoms with Crippen LogP contribution in [0, 0.1) is 11.8 Å². The zero-order valence-corrected chi connectivity index (χ0v) is 10.9. The largest absolute Gasteiger partial charge is 0.381 e. The summed E-state index contributed by atoms with van der Waals surface area (Å²) < 4.78 is 5.42. The number of fused-ring (bicyclic) bond motifs is 1. The van der Waals surface area contributed by atoms with Crippen molar-refractivity contribution in [1.29, 1.82) is 0 Å². The first kappa shape index (κ1) is 11.9. The third-order valence-corrected chi connectivity index (χ3v) is 4.36. The van der Waals surface area contributed by atoms with Crippen molar-refractivity contribution in [3.63, 3.8) is 0 Å². The van der Waals surface area contributed by atoms with Crippen LogP contribution in [-0.4, -0.2) is 19.0 Å². The van der Waals surface area contributed by atoms with E-state index in [0.29, 0.717) is 11.7 Å². The van der Waals surface area contributed by atoms with E-state index in [-0.39, 0.29) is 5.92 Å². The van der Waals surface area contributed by atoms with Crippen LogP contribution >= 0.6 is 0 Å². The van der Waals surface area contributed by atoms with Crippen LogP contribution < -0.4 is 0 Å². The number of aryl methyl sites for hydroxylation is 2. The van der Waals surface area contributed by atoms with Crippen molar-refractivity contribution in [2.45, 2.75) is 32.6 Å². The monoisotopic (exact) mass is 244 g/mol. The van der Waals surface area contributed by atoms with E-state index in [9.17, 15) is 4.79 Å². The lowest BCUT2D eigenvalue weighted by atomic mass is 9.83. The van der Waals surface area contributed by atoms with Crippen LogP contribution in [0.2, 0.25) is 0 Å². The Morgan fingerprint density at radius 2 is 2.11 bits per heavy atom. The molecule has 18 heavy (non-hydrogen) atoms. The molecule has 1 aromatic rings. The fourth-order valence-corrected chi connectivity index (χ4v) is 3.21. The second kappa shape index (κ2) is 4.85. The highest BCUT2D eigenvalue weighted by molar-refractivity contribution is 5.98. The number of carbonyl (C=O) groups excluding carboxylic acids is 1. The summed E-state index contributed by atoms with van der Waals surface area (Å²) in [7, 11) is 0. The number of rotatable bonds is 2. The first-order valence-electron chi connectivity index (χ1n) is 6.99. The van der Waals surface area contributed by atoms with E-state index in [4.69, 9.17) is 4.74 Å². The van der Waals surface area contributed by atoms with Crippen LogP contribution in [0.25, 0.3) is 0 Å². The van der Waals surface area contributed by atoms with Gasteiger partial charge in [-0.05, 0) is 48.8 Å². The van der Waals surface area contributed by atoms with Gasteiger partial charge in [0, 0.05) is 24.7 Å². The first-order chi connectivity index (χ1) is 8.75. The molecule has 0 spiro atoms. The maximum absolute atomic E-state index is 12.6. The van der Waals surface area contributed by atoms with Crippen molar-refractivity contribution < 1.29 is 9.53 Å². The van der Waals surface area contributed by atoms with Gasteiger partial charge in [0.25, 0.3) is 0 Å². The molecule has 0 saturated carbocycles. The minimum atomic E-state index is 0.151. The van der Waals surface area contributed by atoms with Crippen molar-refractivity contribution in [3.8, 4) is 0 Å². The molecule has 1 aliphatic heterocycles. The van der Waals surface area contributed by atoms with E-state index in [1.54, 1.807) is 0 Å². The fraction of sp³-hybridized carbons (Fsp3) is 0.562. The molecule has 0 bridgehead atoms. The Bertz CT molecular complexity index is 464. The molecular formula is C16H20O2. The lowest BCUT2D eigenvalue weighted by Crippen LogP contribution is -2.31. The van der Waals surface area contributed by atoms with Crippen LogP contribution in [-0.2, 0) is 17.6 Å². The van der Waals surface area contributed by atoms with E-state index >= 15 is 0 Å². The van der Waals surface area contributed by atoms with Crippen LogP contribution in [0.1, 0.15) is 41.3 Å². The molecule has 1 heterocycles. The molecule has 96 valence electrons. The number of benzene rings is 1. The van der Waals surface area contributed by atoms with Crippen LogP contribution in [0.3, 0.4) is 0 Å². The third kappa shape index (κ3) is 2.10. The molecule has 1 aromatic carbocycles. The highest BCUT2D eigenvalue weighted by Gasteiger charge is 2.29. The number of ketones is 1. The third-order valence-electron chi connectivity index (χ3n) is 4.36. The average molecular weight is 244 g/mol. The standard InChI is InChI=1S/C16H20O2/c1-11-10-18-8-7-15(11)16(17)14-6-5-12-3-2-4-13(12)9-14/h5-6,9,11,15H,2-4,7-8,10H2,1H3. The normalized spacial score (nSPS) is 26.9. The zero-order valence-electron chi connectivity index (χ0n) is 10.9. The van der Waals surface area contributed by atoms with E-state index in [1.807, 2.05) is 6.07 Å². The summed E-state index contributed by atoms with van der Waals surface area (Å²) in [6.45, 7) is 3.57. The smallest absolute Gasteiger partial charge is 0.166 e. The molecular weight excluding hydrogens is 224 g/mol. The van der Waals surface area contributed by atoms with Gasteiger partial charge in [-0.15, -0.1) is 0 Å². The van der Waals surface area contributed by atoms with Gasteiger partial charge in [0.05, 0.1) is 0 Å². The molecule has 1 aliphatic carbocycles. The summed E-state index contributed by atoms with van der Waals surface area (Å²) in [5, 5.41) is 0. The van der Waals surface area contributed by atoms with E-state index < -0.39 is 0 Å². The Labute approximate surface area is 108 Å². The molecule has 1 fully saturated rings. The predicted molar refractivity (Wildman–Crippen MR) is 70.9 cm³/mol. The van der Waals surface area contributed by atoms with Gasteiger partial charge >= 0.3 is 0 Å². The number of hydrogen-bond donors (Lipinski definition) is 0. The van der Waals surface area contributed by atoms with Crippen molar-refractivity contribution in [2.75, 3.05) is 13.2 Å². The molecule has 2 heteroatoms. The topological polar surface area (TPSA) is 26.3 Å². The predicted octanol–water partition coefficient (Wildman–Crippen LogP) is 3.03. The molecule has 2 atom stereocenters. The molecule has 0 N–H and O–H groups in total. The Morgan fingerprint density at radius 3 is 2.94 bits per heavy atom. The average Bonchev–Trinajstić information content (AvgIpc) is 2.85. The highest BCUT2D eigenvalue weighted by Crippen LogP contribution is 2.28. The molecule has 0 aromatic heterocycles. The van der Waals surface area contributed by atoms with Crippen molar-refractivity contribution in [2.24, 2.45) is 11.8 Å². The maximum atomic E-state index is 12.6. The van der Waals surface area contributed by atoms with Crippen LogP contribution in [0.5, 0.6) is 0 Å². The SMILES string of the molecule is CC1COCCC1C(=O)c1ccc2c(c1)CCC2. The highest BCUT2D eigenvalue weighted by atomic mass is 16.5. The summed E-state index contributed by atoms with van der Waals surface area (Å²) in [6, 6.07) is 6.31. The summed E-state index contributed by atoms with van der Waals surface area (Å²) in [6.07, 6.45) is 4.43. The van der Waals surface area contributed by atoms with Gasteiger partial charge in [-0.3, -0.25) is 4.79 Å². The Kier molecular flexibility index (Phi) is 3.21. The molecule has 0 amide bonds. The minimum Gasteiger partial charge on any atom is -0.381 e. The van der Waals surface area contributed by atoms with Gasteiger partial charge in [-0.1, -0.05) is 19.1 Å². The minimum absolute atomic E-state index is 0.151. The van der Waals surface area contributed by atoms with Gasteiger partial charge in [0.15, 0.2) is 5.78 Å². The molecule has 2 unspecified atom stereocenters. The Hall–Kier alpha value is -1.15. The maximum Gasteiger partial charge on any atom is 0.166 e. The molecule has 3 rings (SSSR count). The van der Waals surface area contributed by atoms with E-state index in [1.165, 1.54) is 24.0 Å². The van der Waals surface area contributed by atoms with E-state index in [0.717, 1.165) is 31.6 Å². The second-order valence-electron chi connectivity index (χ2n) is 5.65. The second-order valence-corrected chi connectivity index (χ2v) is 5.65. The number of carbonyl (C=O) groups is 1. The zero-order chi connectivity index (χ0) is 12.5. The Morgan fingerprint density at radius 1 is 1.28 bits per heavy atom. The molecule has 1 saturated heterocycles. The van der Waals surface area contributed by atoms with Gasteiger partial charge < -0.3 is 4.74 Å². The van der Waals surface area contributed by atoms with Crippen molar-refractivity contribution in [1.82, 2.24) is 0 Å². The summed E-state index contributed by atoms with van der Waals surface area (Å²) in [5.41, 5.74) is 3.74.